The number of rotatable bonds is 7. The third-order valence-corrected chi connectivity index (χ3v) is 3.85. The number of hydrogen-bond donors (Lipinski definition) is 2. The van der Waals surface area contributed by atoms with Crippen LogP contribution in [0.3, 0.4) is 0 Å². The Kier molecular flexibility index (Phi) is 11.3. The summed E-state index contributed by atoms with van der Waals surface area (Å²) in [6, 6.07) is 3.82. The predicted molar refractivity (Wildman–Crippen MR) is 110 cm³/mol. The molecule has 2 heterocycles. The number of pyridine rings is 1. The summed E-state index contributed by atoms with van der Waals surface area (Å²) in [5.74, 6) is 0.864. The Morgan fingerprint density at radius 2 is 2.12 bits per heavy atom. The zero-order valence-electron chi connectivity index (χ0n) is 14.1. The number of halogens is 2. The fourth-order valence-corrected chi connectivity index (χ4v) is 2.46. The van der Waals surface area contributed by atoms with E-state index in [4.69, 9.17) is 16.3 Å². The zero-order valence-corrected chi connectivity index (χ0v) is 17.2. The highest BCUT2D eigenvalue weighted by atomic mass is 127. The maximum Gasteiger partial charge on any atom is 0.191 e. The summed E-state index contributed by atoms with van der Waals surface area (Å²) in [6.45, 7) is 9.17. The first-order valence-corrected chi connectivity index (χ1v) is 8.58. The molecule has 0 atom stereocenters. The number of ether oxygens (including phenoxy) is 1. The van der Waals surface area contributed by atoms with Gasteiger partial charge in [-0.15, -0.1) is 24.0 Å². The average Bonchev–Trinajstić information content (AvgIpc) is 2.58. The molecular formula is C16H27ClIN5O. The van der Waals surface area contributed by atoms with Crippen LogP contribution in [0.4, 0.5) is 0 Å². The number of hydrogen-bond acceptors (Lipinski definition) is 4. The Morgan fingerprint density at radius 3 is 2.79 bits per heavy atom. The molecule has 1 aliphatic rings. The summed E-state index contributed by atoms with van der Waals surface area (Å²) in [5.41, 5.74) is 1.16. The largest absolute Gasteiger partial charge is 0.379 e. The van der Waals surface area contributed by atoms with Crippen LogP contribution >= 0.6 is 35.6 Å². The Bertz CT molecular complexity index is 480. The van der Waals surface area contributed by atoms with Crippen molar-refractivity contribution in [1.29, 1.82) is 0 Å². The van der Waals surface area contributed by atoms with Crippen LogP contribution in [0, 0.1) is 0 Å². The van der Waals surface area contributed by atoms with Gasteiger partial charge in [0.2, 0.25) is 0 Å². The van der Waals surface area contributed by atoms with Gasteiger partial charge in [-0.2, -0.15) is 0 Å². The van der Waals surface area contributed by atoms with E-state index in [1.54, 1.807) is 0 Å². The van der Waals surface area contributed by atoms with E-state index in [-0.39, 0.29) is 24.0 Å². The second-order valence-electron chi connectivity index (χ2n) is 5.38. The Balaban J connectivity index is 0.00000288. The molecule has 0 radical (unpaired) electrons. The van der Waals surface area contributed by atoms with E-state index in [1.165, 1.54) is 0 Å². The van der Waals surface area contributed by atoms with E-state index in [9.17, 15) is 0 Å². The molecular weight excluding hydrogens is 441 g/mol. The molecule has 1 aromatic rings. The van der Waals surface area contributed by atoms with Crippen molar-refractivity contribution in [3.8, 4) is 0 Å². The summed E-state index contributed by atoms with van der Waals surface area (Å²) in [6.07, 6.45) is 2.70. The molecule has 6 nitrogen and oxygen atoms in total. The fourth-order valence-electron chi connectivity index (χ4n) is 2.35. The van der Waals surface area contributed by atoms with Crippen LogP contribution < -0.4 is 10.6 Å². The van der Waals surface area contributed by atoms with Gasteiger partial charge in [0, 0.05) is 38.9 Å². The first-order chi connectivity index (χ1) is 11.3. The molecule has 1 aromatic heterocycles. The molecule has 0 aromatic carbocycles. The fraction of sp³-hybridized carbons (Fsp3) is 0.625. The van der Waals surface area contributed by atoms with Crippen molar-refractivity contribution in [3.05, 3.63) is 29.0 Å². The van der Waals surface area contributed by atoms with Gasteiger partial charge in [-0.3, -0.25) is 9.89 Å². The Hall–Kier alpha value is -0.640. The van der Waals surface area contributed by atoms with Crippen LogP contribution in [0.15, 0.2) is 23.3 Å². The quantitative estimate of drug-likeness (QED) is 0.277. The van der Waals surface area contributed by atoms with Gasteiger partial charge in [0.1, 0.15) is 5.15 Å². The van der Waals surface area contributed by atoms with Crippen molar-refractivity contribution in [2.75, 3.05) is 52.5 Å². The summed E-state index contributed by atoms with van der Waals surface area (Å²) in [4.78, 5) is 11.1. The smallest absolute Gasteiger partial charge is 0.191 e. The summed E-state index contributed by atoms with van der Waals surface area (Å²) >= 11 is 5.79. The number of nitrogens with zero attached hydrogens (tertiary/aromatic N) is 3. The Morgan fingerprint density at radius 1 is 1.33 bits per heavy atom. The minimum absolute atomic E-state index is 0. The number of aromatic nitrogens is 1. The standard InChI is InChI=1S/C16H26ClN5O.HI/c1-2-18-16(20-7-8-22-9-11-23-12-10-22)19-6-5-14-3-4-15(17)21-13-14;/h3-4,13H,2,5-12H2,1H3,(H2,18,19,20);1H. The highest BCUT2D eigenvalue weighted by Gasteiger charge is 2.09. The lowest BCUT2D eigenvalue weighted by Gasteiger charge is -2.25. The molecule has 1 fully saturated rings. The number of nitrogens with one attached hydrogen (secondary N) is 2. The van der Waals surface area contributed by atoms with Crippen molar-refractivity contribution >= 4 is 41.5 Å². The molecule has 0 saturated carbocycles. The minimum atomic E-state index is 0. The van der Waals surface area contributed by atoms with E-state index in [0.717, 1.165) is 70.4 Å². The zero-order chi connectivity index (χ0) is 16.3. The lowest BCUT2D eigenvalue weighted by molar-refractivity contribution is 0.0394. The third kappa shape index (κ3) is 8.46. The normalized spacial score (nSPS) is 15.7. The topological polar surface area (TPSA) is 61.8 Å². The molecule has 24 heavy (non-hydrogen) atoms. The molecule has 2 N–H and O–H groups in total. The molecule has 0 bridgehead atoms. The van der Waals surface area contributed by atoms with Gasteiger partial charge in [0.05, 0.1) is 19.8 Å². The summed E-state index contributed by atoms with van der Waals surface area (Å²) in [7, 11) is 0. The van der Waals surface area contributed by atoms with Gasteiger partial charge in [0.25, 0.3) is 0 Å². The third-order valence-electron chi connectivity index (χ3n) is 3.63. The summed E-state index contributed by atoms with van der Waals surface area (Å²) in [5, 5.41) is 7.16. The van der Waals surface area contributed by atoms with Gasteiger partial charge < -0.3 is 15.4 Å². The van der Waals surface area contributed by atoms with E-state index < -0.39 is 0 Å². The average molecular weight is 468 g/mol. The molecule has 0 spiro atoms. The van der Waals surface area contributed by atoms with Crippen molar-refractivity contribution in [3.63, 3.8) is 0 Å². The van der Waals surface area contributed by atoms with Gasteiger partial charge in [0.15, 0.2) is 5.96 Å². The number of guanidine groups is 1. The van der Waals surface area contributed by atoms with Crippen LogP contribution in [0.5, 0.6) is 0 Å². The Labute approximate surface area is 166 Å². The second kappa shape index (κ2) is 12.7. The molecule has 0 aliphatic carbocycles. The van der Waals surface area contributed by atoms with E-state index in [0.29, 0.717) is 5.15 Å². The van der Waals surface area contributed by atoms with Crippen LogP contribution in [0.1, 0.15) is 12.5 Å². The predicted octanol–water partition coefficient (Wildman–Crippen LogP) is 1.78. The molecule has 8 heteroatoms. The lowest BCUT2D eigenvalue weighted by Crippen LogP contribution is -2.40. The molecule has 0 amide bonds. The van der Waals surface area contributed by atoms with Crippen molar-refractivity contribution in [1.82, 2.24) is 20.5 Å². The number of aliphatic imine (C=N–C) groups is 1. The molecule has 136 valence electrons. The van der Waals surface area contributed by atoms with Crippen LogP contribution in [-0.4, -0.2) is 68.3 Å². The van der Waals surface area contributed by atoms with Gasteiger partial charge in [-0.1, -0.05) is 17.7 Å². The van der Waals surface area contributed by atoms with Crippen molar-refractivity contribution in [2.24, 2.45) is 4.99 Å². The summed E-state index contributed by atoms with van der Waals surface area (Å²) < 4.78 is 5.35. The lowest BCUT2D eigenvalue weighted by atomic mass is 10.2. The molecule has 1 saturated heterocycles. The van der Waals surface area contributed by atoms with Crippen LogP contribution in [0.25, 0.3) is 0 Å². The van der Waals surface area contributed by atoms with Crippen molar-refractivity contribution < 1.29 is 4.74 Å². The van der Waals surface area contributed by atoms with Gasteiger partial charge in [-0.25, -0.2) is 4.98 Å². The monoisotopic (exact) mass is 467 g/mol. The first-order valence-electron chi connectivity index (χ1n) is 8.20. The molecule has 2 rings (SSSR count). The van der Waals surface area contributed by atoms with Crippen LogP contribution in [0.2, 0.25) is 5.15 Å². The SMILES string of the molecule is CCNC(=NCCN1CCOCC1)NCCc1ccc(Cl)nc1.I. The van der Waals surface area contributed by atoms with E-state index in [1.807, 2.05) is 18.3 Å². The highest BCUT2D eigenvalue weighted by Crippen LogP contribution is 2.05. The number of morpholine rings is 1. The first kappa shape index (κ1) is 21.4. The van der Waals surface area contributed by atoms with Gasteiger partial charge in [-0.05, 0) is 25.0 Å². The molecule has 1 aliphatic heterocycles. The minimum Gasteiger partial charge on any atom is -0.379 e. The molecule has 0 unspecified atom stereocenters. The van der Waals surface area contributed by atoms with Crippen LogP contribution in [-0.2, 0) is 11.2 Å². The van der Waals surface area contributed by atoms with E-state index in [2.05, 4.69) is 32.4 Å². The maximum atomic E-state index is 5.79. The van der Waals surface area contributed by atoms with Crippen molar-refractivity contribution in [2.45, 2.75) is 13.3 Å². The second-order valence-corrected chi connectivity index (χ2v) is 5.77. The maximum absolute atomic E-state index is 5.79. The van der Waals surface area contributed by atoms with E-state index >= 15 is 0 Å². The highest BCUT2D eigenvalue weighted by molar-refractivity contribution is 14.0. The van der Waals surface area contributed by atoms with Gasteiger partial charge >= 0.3 is 0 Å².